The topological polar surface area (TPSA) is 35.2 Å². The second-order valence-corrected chi connectivity index (χ2v) is 2.64. The van der Waals surface area contributed by atoms with Crippen molar-refractivity contribution in [2.45, 2.75) is 31.7 Å². The molecule has 0 aromatic rings. The average molecular weight is 155 g/mol. The lowest BCUT2D eigenvalue weighted by Crippen LogP contribution is -2.19. The molecule has 1 atom stereocenters. The van der Waals surface area contributed by atoms with Gasteiger partial charge in [-0.3, -0.25) is 0 Å². The lowest BCUT2D eigenvalue weighted by atomic mass is 10.1. The molecule has 0 radical (unpaired) electrons. The van der Waals surface area contributed by atoms with Crippen LogP contribution < -0.4 is 5.73 Å². The van der Waals surface area contributed by atoms with Crippen molar-refractivity contribution in [3.8, 4) is 12.3 Å². The molecule has 2 nitrogen and oxygen atoms in total. The Kier molecular flexibility index (Phi) is 7.23. The van der Waals surface area contributed by atoms with Gasteiger partial charge in [0.1, 0.15) is 0 Å². The number of ether oxygens (including phenoxy) is 1. The second-order valence-electron chi connectivity index (χ2n) is 2.64. The van der Waals surface area contributed by atoms with Crippen molar-refractivity contribution in [2.24, 2.45) is 5.73 Å². The Bertz CT molecular complexity index is 117. The van der Waals surface area contributed by atoms with E-state index in [1.807, 2.05) is 0 Å². The van der Waals surface area contributed by atoms with Gasteiger partial charge < -0.3 is 10.5 Å². The summed E-state index contributed by atoms with van der Waals surface area (Å²) in [4.78, 5) is 0. The van der Waals surface area contributed by atoms with E-state index in [2.05, 4.69) is 5.92 Å². The molecule has 0 heterocycles. The lowest BCUT2D eigenvalue weighted by molar-refractivity contribution is 0.190. The van der Waals surface area contributed by atoms with Crippen LogP contribution >= 0.6 is 0 Å². The van der Waals surface area contributed by atoms with E-state index in [4.69, 9.17) is 16.9 Å². The highest BCUT2D eigenvalue weighted by Crippen LogP contribution is 2.01. The molecule has 0 fully saturated rings. The maximum Gasteiger partial charge on any atom is 0.0462 e. The van der Waals surface area contributed by atoms with E-state index in [9.17, 15) is 0 Å². The normalized spacial score (nSPS) is 12.5. The molecular formula is C9H17NO. The third-order valence-corrected chi connectivity index (χ3v) is 1.58. The minimum atomic E-state index is 0.251. The zero-order valence-electron chi connectivity index (χ0n) is 7.18. The predicted molar refractivity (Wildman–Crippen MR) is 47.2 cm³/mol. The maximum atomic E-state index is 5.75. The Hall–Kier alpha value is -0.520. The third kappa shape index (κ3) is 7.38. The Morgan fingerprint density at radius 1 is 1.55 bits per heavy atom. The third-order valence-electron chi connectivity index (χ3n) is 1.58. The fourth-order valence-corrected chi connectivity index (χ4v) is 0.903. The van der Waals surface area contributed by atoms with Crippen LogP contribution in [0.1, 0.15) is 25.7 Å². The smallest absolute Gasteiger partial charge is 0.0462 e. The Labute approximate surface area is 69.1 Å². The van der Waals surface area contributed by atoms with E-state index in [0.29, 0.717) is 0 Å². The molecule has 0 rings (SSSR count). The molecule has 0 bridgehead atoms. The van der Waals surface area contributed by atoms with Gasteiger partial charge in [0, 0.05) is 26.2 Å². The molecule has 0 spiro atoms. The molecule has 2 N–H and O–H groups in total. The van der Waals surface area contributed by atoms with Gasteiger partial charge in [-0.15, -0.1) is 12.3 Å². The molecule has 0 aliphatic rings. The zero-order valence-corrected chi connectivity index (χ0v) is 7.18. The van der Waals surface area contributed by atoms with Crippen LogP contribution in [0, 0.1) is 12.3 Å². The number of terminal acetylenes is 1. The summed E-state index contributed by atoms with van der Waals surface area (Å²) >= 11 is 0. The van der Waals surface area contributed by atoms with E-state index in [1.54, 1.807) is 7.11 Å². The summed E-state index contributed by atoms with van der Waals surface area (Å²) in [5, 5.41) is 0. The quantitative estimate of drug-likeness (QED) is 0.461. The monoisotopic (exact) mass is 155 g/mol. The van der Waals surface area contributed by atoms with E-state index in [0.717, 1.165) is 32.3 Å². The van der Waals surface area contributed by atoms with E-state index < -0.39 is 0 Å². The SMILES string of the molecule is C#CCCC(N)CCCOC. The summed E-state index contributed by atoms with van der Waals surface area (Å²) in [5.41, 5.74) is 5.75. The highest BCUT2D eigenvalue weighted by atomic mass is 16.5. The highest BCUT2D eigenvalue weighted by molar-refractivity contribution is 4.84. The first-order valence-corrected chi connectivity index (χ1v) is 3.99. The molecule has 0 amide bonds. The van der Waals surface area contributed by atoms with Crippen LogP contribution in [-0.2, 0) is 4.74 Å². The van der Waals surface area contributed by atoms with Gasteiger partial charge in [-0.05, 0) is 19.3 Å². The first-order valence-electron chi connectivity index (χ1n) is 3.99. The fraction of sp³-hybridized carbons (Fsp3) is 0.778. The summed E-state index contributed by atoms with van der Waals surface area (Å²) in [7, 11) is 1.70. The van der Waals surface area contributed by atoms with E-state index >= 15 is 0 Å². The zero-order chi connectivity index (χ0) is 8.53. The summed E-state index contributed by atoms with van der Waals surface area (Å²) in [6.45, 7) is 0.795. The number of methoxy groups -OCH3 is 1. The minimum Gasteiger partial charge on any atom is -0.385 e. The standard InChI is InChI=1S/C9H17NO/c1-3-4-6-9(10)7-5-8-11-2/h1,9H,4-8,10H2,2H3. The maximum absolute atomic E-state index is 5.75. The molecule has 11 heavy (non-hydrogen) atoms. The molecular weight excluding hydrogens is 138 g/mol. The predicted octanol–water partition coefficient (Wildman–Crippen LogP) is 1.15. The fourth-order valence-electron chi connectivity index (χ4n) is 0.903. The highest BCUT2D eigenvalue weighted by Gasteiger charge is 1.99. The van der Waals surface area contributed by atoms with E-state index in [1.165, 1.54) is 0 Å². The number of hydrogen-bond acceptors (Lipinski definition) is 2. The Morgan fingerprint density at radius 2 is 2.27 bits per heavy atom. The van der Waals surface area contributed by atoms with Crippen molar-refractivity contribution in [3.63, 3.8) is 0 Å². The molecule has 0 aromatic carbocycles. The second kappa shape index (κ2) is 7.59. The van der Waals surface area contributed by atoms with Crippen molar-refractivity contribution in [2.75, 3.05) is 13.7 Å². The number of nitrogens with two attached hydrogens (primary N) is 1. The molecule has 0 aliphatic heterocycles. The Balaban J connectivity index is 3.10. The summed E-state index contributed by atoms with van der Waals surface area (Å²) < 4.78 is 4.90. The molecule has 0 saturated carbocycles. The van der Waals surface area contributed by atoms with Crippen LogP contribution in [0.5, 0.6) is 0 Å². The first kappa shape index (κ1) is 10.5. The van der Waals surface area contributed by atoms with Crippen LogP contribution in [0.4, 0.5) is 0 Å². The van der Waals surface area contributed by atoms with Gasteiger partial charge in [-0.1, -0.05) is 0 Å². The van der Waals surface area contributed by atoms with Crippen molar-refractivity contribution in [1.29, 1.82) is 0 Å². The van der Waals surface area contributed by atoms with Crippen molar-refractivity contribution in [1.82, 2.24) is 0 Å². The summed E-state index contributed by atoms with van der Waals surface area (Å²) in [6, 6.07) is 0.251. The Morgan fingerprint density at radius 3 is 2.82 bits per heavy atom. The van der Waals surface area contributed by atoms with Gasteiger partial charge in [0.2, 0.25) is 0 Å². The molecule has 0 aliphatic carbocycles. The van der Waals surface area contributed by atoms with Crippen LogP contribution in [0.3, 0.4) is 0 Å². The lowest BCUT2D eigenvalue weighted by Gasteiger charge is -2.08. The van der Waals surface area contributed by atoms with Gasteiger partial charge in [-0.2, -0.15) is 0 Å². The molecule has 2 heteroatoms. The number of rotatable bonds is 6. The van der Waals surface area contributed by atoms with Crippen LogP contribution in [0.15, 0.2) is 0 Å². The molecule has 1 unspecified atom stereocenters. The van der Waals surface area contributed by atoms with Crippen LogP contribution in [-0.4, -0.2) is 19.8 Å². The summed E-state index contributed by atoms with van der Waals surface area (Å²) in [5.74, 6) is 2.58. The van der Waals surface area contributed by atoms with E-state index in [-0.39, 0.29) is 6.04 Å². The van der Waals surface area contributed by atoms with Crippen LogP contribution in [0.2, 0.25) is 0 Å². The first-order chi connectivity index (χ1) is 5.31. The van der Waals surface area contributed by atoms with Gasteiger partial charge in [0.15, 0.2) is 0 Å². The van der Waals surface area contributed by atoms with Gasteiger partial charge in [0.25, 0.3) is 0 Å². The van der Waals surface area contributed by atoms with Crippen molar-refractivity contribution < 1.29 is 4.74 Å². The molecule has 0 aromatic heterocycles. The number of hydrogen-bond donors (Lipinski definition) is 1. The summed E-state index contributed by atoms with van der Waals surface area (Å²) in [6.07, 6.45) is 8.86. The van der Waals surface area contributed by atoms with Gasteiger partial charge >= 0.3 is 0 Å². The largest absolute Gasteiger partial charge is 0.385 e. The van der Waals surface area contributed by atoms with Crippen LogP contribution in [0.25, 0.3) is 0 Å². The van der Waals surface area contributed by atoms with Gasteiger partial charge in [-0.25, -0.2) is 0 Å². The molecule has 64 valence electrons. The van der Waals surface area contributed by atoms with Crippen molar-refractivity contribution in [3.05, 3.63) is 0 Å². The average Bonchev–Trinajstić information content (AvgIpc) is 2.01. The van der Waals surface area contributed by atoms with Gasteiger partial charge in [0.05, 0.1) is 0 Å². The minimum absolute atomic E-state index is 0.251. The molecule has 0 saturated heterocycles. The van der Waals surface area contributed by atoms with Crippen molar-refractivity contribution >= 4 is 0 Å².